The minimum Gasteiger partial charge on any atom is -0.388 e. The number of hydrogen-bond donors (Lipinski definition) is 2. The Morgan fingerprint density at radius 2 is 2.27 bits per heavy atom. The molecule has 0 bridgehead atoms. The van der Waals surface area contributed by atoms with E-state index < -0.39 is 54.7 Å². The van der Waals surface area contributed by atoms with Crippen molar-refractivity contribution in [1.82, 2.24) is 0 Å². The minimum absolute atomic E-state index is 0.777. The van der Waals surface area contributed by atoms with Gasteiger partial charge in [0.25, 0.3) is 0 Å². The van der Waals surface area contributed by atoms with E-state index in [2.05, 4.69) is 0 Å². The molecule has 1 rings (SSSR count). The van der Waals surface area contributed by atoms with Gasteiger partial charge < -0.3 is 10.8 Å². The van der Waals surface area contributed by atoms with E-state index in [1.807, 2.05) is 0 Å². The summed E-state index contributed by atoms with van der Waals surface area (Å²) in [7, 11) is 0. The van der Waals surface area contributed by atoms with Gasteiger partial charge in [-0.25, -0.2) is 0 Å². The summed E-state index contributed by atoms with van der Waals surface area (Å²) in [6.45, 7) is -3.19. The van der Waals surface area contributed by atoms with Crippen LogP contribution >= 0.6 is 0 Å². The fraction of sp³-hybridized carbons (Fsp3) is 0.333. The quantitative estimate of drug-likeness (QED) is 0.696. The molecule has 0 heterocycles. The van der Waals surface area contributed by atoms with Crippen LogP contribution in [0.1, 0.15) is 31.7 Å². The molecule has 11 heavy (non-hydrogen) atoms. The van der Waals surface area contributed by atoms with E-state index in [9.17, 15) is 5.11 Å². The van der Waals surface area contributed by atoms with Crippen molar-refractivity contribution < 1.29 is 18.8 Å². The standard InChI is InChI=1S/C9H13NO/c10-7-6-9(11)8-4-2-1-3-5-8/h1-5,9,11H,6-7,10H2/t9-/m0/s1/i1D,2D,3D,4D,5D,6D2,7D2,9D. The average molecular weight is 161 g/mol. The Kier molecular flexibility index (Phi) is 0.780. The van der Waals surface area contributed by atoms with Crippen molar-refractivity contribution >= 4 is 0 Å². The lowest BCUT2D eigenvalue weighted by Gasteiger charge is -2.07. The van der Waals surface area contributed by atoms with Crippen molar-refractivity contribution in [3.63, 3.8) is 0 Å². The predicted molar refractivity (Wildman–Crippen MR) is 45.1 cm³/mol. The van der Waals surface area contributed by atoms with E-state index in [1.54, 1.807) is 0 Å². The van der Waals surface area contributed by atoms with E-state index in [0.717, 1.165) is 0 Å². The van der Waals surface area contributed by atoms with Gasteiger partial charge in [-0.15, -0.1) is 0 Å². The molecule has 0 radical (unpaired) electrons. The molecule has 0 saturated heterocycles. The molecule has 60 valence electrons. The first-order chi connectivity index (χ1) is 9.18. The van der Waals surface area contributed by atoms with E-state index in [0.29, 0.717) is 0 Å². The highest BCUT2D eigenvalue weighted by Gasteiger charge is 2.03. The van der Waals surface area contributed by atoms with Crippen LogP contribution in [0.2, 0.25) is 0 Å². The number of rotatable bonds is 3. The summed E-state index contributed by atoms with van der Waals surface area (Å²) in [5.41, 5.74) is 3.89. The second kappa shape index (κ2) is 4.11. The highest BCUT2D eigenvalue weighted by atomic mass is 16.3. The summed E-state index contributed by atoms with van der Waals surface area (Å²) in [6, 6.07) is -4.51. The van der Waals surface area contributed by atoms with Crippen molar-refractivity contribution in [2.24, 2.45) is 5.73 Å². The van der Waals surface area contributed by atoms with Crippen LogP contribution in [0, 0.1) is 0 Å². The molecular weight excluding hydrogens is 138 g/mol. The molecule has 0 amide bonds. The molecule has 3 N–H and O–H groups in total. The van der Waals surface area contributed by atoms with Gasteiger partial charge in [0.1, 0.15) is 0 Å². The van der Waals surface area contributed by atoms with E-state index in [1.165, 1.54) is 0 Å². The maximum Gasteiger partial charge on any atom is 0.0802 e. The molecule has 1 aromatic carbocycles. The molecule has 0 spiro atoms. The normalized spacial score (nSPS) is 31.5. The Balaban J connectivity index is 3.76. The zero-order chi connectivity index (χ0) is 17.0. The molecule has 2 heteroatoms. The average Bonchev–Trinajstić information content (AvgIpc) is 2.32. The van der Waals surface area contributed by atoms with Crippen LogP contribution in [0.4, 0.5) is 0 Å². The van der Waals surface area contributed by atoms with E-state index >= 15 is 0 Å². The zero-order valence-electron chi connectivity index (χ0n) is 15.5. The smallest absolute Gasteiger partial charge is 0.0802 e. The maximum atomic E-state index is 10.1. The van der Waals surface area contributed by atoms with E-state index in [4.69, 9.17) is 19.4 Å². The summed E-state index contributed by atoms with van der Waals surface area (Å²) in [5, 5.41) is 10.1. The SMILES string of the molecule is [2H]c1c([2H])c([2H])c([C@@]([2H])(O)C([2H])([2H])C([2H])([2H])N)c([2H])c1[2H]. The molecule has 2 nitrogen and oxygen atoms in total. The van der Waals surface area contributed by atoms with Crippen molar-refractivity contribution in [1.29, 1.82) is 0 Å². The van der Waals surface area contributed by atoms with Crippen LogP contribution in [-0.4, -0.2) is 11.6 Å². The second-order valence-corrected chi connectivity index (χ2v) is 1.62. The lowest BCUT2D eigenvalue weighted by molar-refractivity contribution is 0.170. The van der Waals surface area contributed by atoms with Crippen molar-refractivity contribution in [2.75, 3.05) is 6.50 Å². The third-order valence-electron chi connectivity index (χ3n) is 0.927. The Labute approximate surface area is 80.7 Å². The molecular formula is C9H13NO. The van der Waals surface area contributed by atoms with Gasteiger partial charge in [-0.1, -0.05) is 30.2 Å². The van der Waals surface area contributed by atoms with Gasteiger partial charge in [0.15, 0.2) is 0 Å². The van der Waals surface area contributed by atoms with Crippen molar-refractivity contribution in [2.45, 2.75) is 12.5 Å². The second-order valence-electron chi connectivity index (χ2n) is 1.62. The Hall–Kier alpha value is -0.860. The fourth-order valence-electron chi connectivity index (χ4n) is 0.499. The number of nitrogens with two attached hydrogens (primary N) is 1. The highest BCUT2D eigenvalue weighted by Crippen LogP contribution is 2.14. The first-order valence-corrected chi connectivity index (χ1v) is 2.76. The molecule has 0 unspecified atom stereocenters. The molecule has 0 saturated carbocycles. The van der Waals surface area contributed by atoms with Gasteiger partial charge in [0.05, 0.1) is 14.3 Å². The van der Waals surface area contributed by atoms with E-state index in [-0.39, 0.29) is 0 Å². The van der Waals surface area contributed by atoms with Crippen LogP contribution in [0.15, 0.2) is 30.2 Å². The van der Waals surface area contributed by atoms with Crippen LogP contribution in [0.5, 0.6) is 0 Å². The van der Waals surface area contributed by atoms with Crippen LogP contribution in [0.3, 0.4) is 0 Å². The summed E-state index contributed by atoms with van der Waals surface area (Å²) in [5.74, 6) is 0. The van der Waals surface area contributed by atoms with Crippen molar-refractivity contribution in [3.8, 4) is 0 Å². The summed E-state index contributed by atoms with van der Waals surface area (Å²) < 4.78 is 74.4. The van der Waals surface area contributed by atoms with Gasteiger partial charge >= 0.3 is 0 Å². The number of aliphatic hydroxyl groups is 1. The minimum atomic E-state index is -3.49. The molecule has 1 atom stereocenters. The topological polar surface area (TPSA) is 46.2 Å². The van der Waals surface area contributed by atoms with Gasteiger partial charge in [0.2, 0.25) is 0 Å². The number of benzene rings is 1. The maximum absolute atomic E-state index is 10.1. The largest absolute Gasteiger partial charge is 0.388 e. The van der Waals surface area contributed by atoms with Crippen molar-refractivity contribution in [3.05, 3.63) is 35.8 Å². The Morgan fingerprint density at radius 1 is 1.64 bits per heavy atom. The van der Waals surface area contributed by atoms with Gasteiger partial charge in [0, 0.05) is 5.48 Å². The Bertz CT molecular complexity index is 550. The van der Waals surface area contributed by atoms with Gasteiger partial charge in [-0.2, -0.15) is 0 Å². The zero-order valence-corrected chi connectivity index (χ0v) is 5.52. The fourth-order valence-corrected chi connectivity index (χ4v) is 0.499. The Morgan fingerprint density at radius 3 is 2.82 bits per heavy atom. The molecule has 0 aliphatic carbocycles. The third kappa shape index (κ3) is 2.33. The lowest BCUT2D eigenvalue weighted by atomic mass is 10.1. The molecule has 0 aliphatic rings. The molecule has 0 aromatic heterocycles. The first-order valence-electron chi connectivity index (χ1n) is 7.76. The molecule has 0 fully saturated rings. The summed E-state index contributed by atoms with van der Waals surface area (Å²) >= 11 is 0. The molecule has 1 aromatic rings. The third-order valence-corrected chi connectivity index (χ3v) is 0.927. The molecule has 0 aliphatic heterocycles. The van der Waals surface area contributed by atoms with Crippen LogP contribution < -0.4 is 5.73 Å². The van der Waals surface area contributed by atoms with Gasteiger partial charge in [-0.05, 0) is 18.4 Å². The van der Waals surface area contributed by atoms with Crippen LogP contribution in [0.25, 0.3) is 0 Å². The number of hydrogen-bond acceptors (Lipinski definition) is 2. The first kappa shape index (κ1) is 2.09. The summed E-state index contributed by atoms with van der Waals surface area (Å²) in [4.78, 5) is 0. The lowest BCUT2D eigenvalue weighted by Crippen LogP contribution is -2.06. The van der Waals surface area contributed by atoms with Gasteiger partial charge in [-0.3, -0.25) is 0 Å². The highest BCUT2D eigenvalue weighted by molar-refractivity contribution is 5.16. The summed E-state index contributed by atoms with van der Waals surface area (Å²) in [6.07, 6.45) is -6.92. The predicted octanol–water partition coefficient (Wildman–Crippen LogP) is 1.07. The monoisotopic (exact) mass is 161 g/mol. The van der Waals surface area contributed by atoms with Crippen LogP contribution in [-0.2, 0) is 0 Å².